The minimum atomic E-state index is 0.254. The molecule has 0 spiro atoms. The van der Waals surface area contributed by atoms with Crippen molar-refractivity contribution in [2.24, 2.45) is 11.7 Å². The first kappa shape index (κ1) is 14.5. The molecule has 0 aliphatic heterocycles. The zero-order valence-corrected chi connectivity index (χ0v) is 12.7. The molecule has 0 aromatic carbocycles. The second-order valence-electron chi connectivity index (χ2n) is 6.38. The number of hydrogen-bond donors (Lipinski definition) is 1. The molecular formula is C15H28N4. The summed E-state index contributed by atoms with van der Waals surface area (Å²) >= 11 is 0. The van der Waals surface area contributed by atoms with Gasteiger partial charge in [0.2, 0.25) is 0 Å². The van der Waals surface area contributed by atoms with Gasteiger partial charge >= 0.3 is 0 Å². The number of aromatic nitrogens is 3. The van der Waals surface area contributed by atoms with E-state index in [0.29, 0.717) is 12.5 Å². The van der Waals surface area contributed by atoms with Crippen LogP contribution < -0.4 is 5.73 Å². The molecule has 1 aliphatic carbocycles. The third-order valence-corrected chi connectivity index (χ3v) is 4.29. The largest absolute Gasteiger partial charge is 0.324 e. The fraction of sp³-hybridized carbons (Fsp3) is 0.867. The van der Waals surface area contributed by atoms with Gasteiger partial charge in [0.15, 0.2) is 0 Å². The van der Waals surface area contributed by atoms with E-state index >= 15 is 0 Å². The van der Waals surface area contributed by atoms with Gasteiger partial charge in [0.25, 0.3) is 0 Å². The summed E-state index contributed by atoms with van der Waals surface area (Å²) in [6, 6.07) is 0. The maximum atomic E-state index is 5.81. The Morgan fingerprint density at radius 1 is 1.26 bits per heavy atom. The van der Waals surface area contributed by atoms with E-state index < -0.39 is 0 Å². The molecule has 4 heteroatoms. The second kappa shape index (κ2) is 6.04. The van der Waals surface area contributed by atoms with Crippen molar-refractivity contribution in [3.8, 4) is 0 Å². The van der Waals surface area contributed by atoms with Crippen LogP contribution >= 0.6 is 0 Å². The molecule has 0 amide bonds. The van der Waals surface area contributed by atoms with E-state index in [-0.39, 0.29) is 5.41 Å². The first-order valence-electron chi connectivity index (χ1n) is 7.75. The van der Waals surface area contributed by atoms with Crippen LogP contribution in [-0.2, 0) is 18.5 Å². The highest BCUT2D eigenvalue weighted by atomic mass is 15.3. The SMILES string of the molecule is CCCn1c(CN)nnc1C1(CC(C)C)CCCC1. The predicted octanol–water partition coefficient (Wildman–Crippen LogP) is 3.00. The fourth-order valence-corrected chi connectivity index (χ4v) is 3.69. The minimum Gasteiger partial charge on any atom is -0.324 e. The lowest BCUT2D eigenvalue weighted by molar-refractivity contribution is 0.315. The molecule has 1 saturated carbocycles. The zero-order chi connectivity index (χ0) is 13.9. The standard InChI is InChI=1S/C15H28N4/c1-4-9-19-13(11-16)17-18-14(19)15(10-12(2)3)7-5-6-8-15/h12H,4-11,16H2,1-3H3. The third-order valence-electron chi connectivity index (χ3n) is 4.29. The van der Waals surface area contributed by atoms with Crippen molar-refractivity contribution in [1.29, 1.82) is 0 Å². The molecule has 1 aliphatic rings. The molecule has 4 nitrogen and oxygen atoms in total. The molecule has 0 radical (unpaired) electrons. The maximum absolute atomic E-state index is 5.81. The Hall–Kier alpha value is -0.900. The monoisotopic (exact) mass is 264 g/mol. The topological polar surface area (TPSA) is 56.7 Å². The Labute approximate surface area is 116 Å². The summed E-state index contributed by atoms with van der Waals surface area (Å²) in [6.45, 7) is 8.31. The Kier molecular flexibility index (Phi) is 4.61. The highest BCUT2D eigenvalue weighted by Gasteiger charge is 2.40. The normalized spacial score (nSPS) is 18.4. The highest BCUT2D eigenvalue weighted by molar-refractivity contribution is 5.14. The predicted molar refractivity (Wildman–Crippen MR) is 77.8 cm³/mol. The van der Waals surface area contributed by atoms with Gasteiger partial charge in [-0.15, -0.1) is 10.2 Å². The van der Waals surface area contributed by atoms with E-state index in [2.05, 4.69) is 35.5 Å². The van der Waals surface area contributed by atoms with Gasteiger partial charge in [-0.2, -0.15) is 0 Å². The minimum absolute atomic E-state index is 0.254. The molecule has 0 atom stereocenters. The molecule has 1 fully saturated rings. The molecule has 0 bridgehead atoms. The van der Waals surface area contributed by atoms with E-state index in [9.17, 15) is 0 Å². The van der Waals surface area contributed by atoms with Crippen LogP contribution in [0.5, 0.6) is 0 Å². The summed E-state index contributed by atoms with van der Waals surface area (Å²) in [5, 5.41) is 8.88. The van der Waals surface area contributed by atoms with Crippen molar-refractivity contribution < 1.29 is 0 Å². The quantitative estimate of drug-likeness (QED) is 0.859. The van der Waals surface area contributed by atoms with Crippen molar-refractivity contribution in [2.75, 3.05) is 0 Å². The van der Waals surface area contributed by atoms with Crippen molar-refractivity contribution in [3.63, 3.8) is 0 Å². The van der Waals surface area contributed by atoms with Crippen LogP contribution in [0, 0.1) is 5.92 Å². The number of hydrogen-bond acceptors (Lipinski definition) is 3. The summed E-state index contributed by atoms with van der Waals surface area (Å²) in [6.07, 6.45) is 7.50. The van der Waals surface area contributed by atoms with E-state index in [1.165, 1.54) is 37.9 Å². The summed E-state index contributed by atoms with van der Waals surface area (Å²) < 4.78 is 2.30. The van der Waals surface area contributed by atoms with Crippen molar-refractivity contribution in [3.05, 3.63) is 11.6 Å². The highest BCUT2D eigenvalue weighted by Crippen LogP contribution is 2.45. The lowest BCUT2D eigenvalue weighted by Gasteiger charge is -2.30. The summed E-state index contributed by atoms with van der Waals surface area (Å²) in [7, 11) is 0. The van der Waals surface area contributed by atoms with E-state index in [1.54, 1.807) is 0 Å². The van der Waals surface area contributed by atoms with Crippen LogP contribution in [0.3, 0.4) is 0 Å². The fourth-order valence-electron chi connectivity index (χ4n) is 3.69. The first-order valence-corrected chi connectivity index (χ1v) is 7.75. The average Bonchev–Trinajstić information content (AvgIpc) is 2.96. The maximum Gasteiger partial charge on any atom is 0.146 e. The summed E-state index contributed by atoms with van der Waals surface area (Å²) in [5.41, 5.74) is 6.07. The zero-order valence-electron chi connectivity index (χ0n) is 12.7. The van der Waals surface area contributed by atoms with Gasteiger partial charge in [-0.3, -0.25) is 0 Å². The van der Waals surface area contributed by atoms with Crippen molar-refractivity contribution in [2.45, 2.75) is 77.8 Å². The van der Waals surface area contributed by atoms with Gasteiger partial charge < -0.3 is 10.3 Å². The molecule has 0 saturated heterocycles. The van der Waals surface area contributed by atoms with E-state index in [4.69, 9.17) is 5.73 Å². The van der Waals surface area contributed by atoms with Gasteiger partial charge in [0, 0.05) is 12.0 Å². The molecule has 0 unspecified atom stereocenters. The summed E-state index contributed by atoms with van der Waals surface area (Å²) in [4.78, 5) is 0. The smallest absolute Gasteiger partial charge is 0.146 e. The molecule has 1 aromatic heterocycles. The second-order valence-corrected chi connectivity index (χ2v) is 6.38. The molecule has 1 heterocycles. The Morgan fingerprint density at radius 2 is 1.95 bits per heavy atom. The van der Waals surface area contributed by atoms with E-state index in [0.717, 1.165) is 18.8 Å². The Bertz CT molecular complexity index is 402. The molecular weight excluding hydrogens is 236 g/mol. The van der Waals surface area contributed by atoms with Crippen LogP contribution in [0.4, 0.5) is 0 Å². The average molecular weight is 264 g/mol. The molecule has 1 aromatic rings. The molecule has 2 rings (SSSR count). The van der Waals surface area contributed by atoms with Crippen LogP contribution in [0.2, 0.25) is 0 Å². The summed E-state index contributed by atoms with van der Waals surface area (Å²) in [5.74, 6) is 2.86. The Morgan fingerprint density at radius 3 is 2.47 bits per heavy atom. The van der Waals surface area contributed by atoms with Gasteiger partial charge in [-0.25, -0.2) is 0 Å². The van der Waals surface area contributed by atoms with Crippen molar-refractivity contribution in [1.82, 2.24) is 14.8 Å². The molecule has 108 valence electrons. The van der Waals surface area contributed by atoms with E-state index in [1.807, 2.05) is 0 Å². The van der Waals surface area contributed by atoms with Gasteiger partial charge in [0.1, 0.15) is 11.6 Å². The number of rotatable bonds is 6. The van der Waals surface area contributed by atoms with Crippen LogP contribution in [-0.4, -0.2) is 14.8 Å². The molecule has 2 N–H and O–H groups in total. The number of nitrogens with two attached hydrogens (primary N) is 1. The van der Waals surface area contributed by atoms with Crippen LogP contribution in [0.25, 0.3) is 0 Å². The van der Waals surface area contributed by atoms with Crippen LogP contribution in [0.15, 0.2) is 0 Å². The Balaban J connectivity index is 2.38. The van der Waals surface area contributed by atoms with Gasteiger partial charge in [0.05, 0.1) is 6.54 Å². The third kappa shape index (κ3) is 2.83. The van der Waals surface area contributed by atoms with Gasteiger partial charge in [-0.1, -0.05) is 33.6 Å². The van der Waals surface area contributed by atoms with Crippen LogP contribution in [0.1, 0.15) is 70.9 Å². The number of nitrogens with zero attached hydrogens (tertiary/aromatic N) is 3. The lowest BCUT2D eigenvalue weighted by atomic mass is 9.77. The first-order chi connectivity index (χ1) is 9.13. The lowest BCUT2D eigenvalue weighted by Crippen LogP contribution is -2.29. The molecule has 19 heavy (non-hydrogen) atoms. The van der Waals surface area contributed by atoms with Crippen molar-refractivity contribution >= 4 is 0 Å². The van der Waals surface area contributed by atoms with Gasteiger partial charge in [-0.05, 0) is 31.6 Å².